The second-order valence-electron chi connectivity index (χ2n) is 12.2. The molecule has 2 aromatic heterocycles. The Balaban J connectivity index is 1.22. The molecule has 4 aromatic rings. The topological polar surface area (TPSA) is 121 Å². The summed E-state index contributed by atoms with van der Waals surface area (Å²) in [7, 11) is 5.79. The van der Waals surface area contributed by atoms with E-state index in [4.69, 9.17) is 11.6 Å². The van der Waals surface area contributed by atoms with Gasteiger partial charge in [-0.3, -0.25) is 14.5 Å². The SMILES string of the molecule is Cc1c(NC(=O)c2nc3c(n2C)CCN(CC(C)O)C3)cccc1-c1cccc(NC(=O)c2nc3c(n2C)CCN(C)C3)c1Cl. The Hall–Kier alpha value is -4.03. The molecule has 0 radical (unpaired) electrons. The third kappa shape index (κ3) is 6.00. The number of hydrogen-bond donors (Lipinski definition) is 3. The van der Waals surface area contributed by atoms with Crippen LogP contribution in [-0.2, 0) is 40.0 Å². The van der Waals surface area contributed by atoms with E-state index in [0.717, 1.165) is 65.4 Å². The van der Waals surface area contributed by atoms with Gasteiger partial charge >= 0.3 is 0 Å². The largest absolute Gasteiger partial charge is 0.392 e. The van der Waals surface area contributed by atoms with E-state index in [1.54, 1.807) is 13.0 Å². The number of β-amino-alcohol motifs (C(OH)–C–C–N with tert-alkyl or cyclic N) is 1. The molecule has 0 aliphatic carbocycles. The van der Waals surface area contributed by atoms with E-state index in [1.807, 2.05) is 67.5 Å². The maximum Gasteiger partial charge on any atom is 0.291 e. The molecule has 3 N–H and O–H groups in total. The van der Waals surface area contributed by atoms with Crippen molar-refractivity contribution in [3.63, 3.8) is 0 Å². The lowest BCUT2D eigenvalue weighted by Crippen LogP contribution is -2.36. The normalized spacial score (nSPS) is 15.8. The first-order chi connectivity index (χ1) is 21.5. The molecule has 0 saturated heterocycles. The molecule has 2 aromatic carbocycles. The standard InChI is InChI=1S/C33H39ClN8O3/c1-19(43)16-42-15-13-28-26(18-42)36-30(41(28)5)32(44)37-23-10-6-8-21(20(23)2)22-9-7-11-24(29(22)34)38-33(45)31-35-25-17-39(3)14-12-27(25)40(31)4/h6-11,19,43H,12-18H2,1-5H3,(H,37,44)(H,38,45). The number of carbonyl (C=O) groups excluding carboxylic acids is 2. The zero-order chi connectivity index (χ0) is 32.0. The van der Waals surface area contributed by atoms with E-state index < -0.39 is 6.10 Å². The van der Waals surface area contributed by atoms with Crippen LogP contribution in [0.3, 0.4) is 0 Å². The number of nitrogens with one attached hydrogen (secondary N) is 2. The molecule has 2 aliphatic rings. The summed E-state index contributed by atoms with van der Waals surface area (Å²) in [4.78, 5) is 40.5. The second-order valence-corrected chi connectivity index (χ2v) is 12.5. The number of imidazole rings is 2. The van der Waals surface area contributed by atoms with Crippen LogP contribution in [-0.4, -0.2) is 78.6 Å². The van der Waals surface area contributed by atoms with Gasteiger partial charge in [-0.2, -0.15) is 0 Å². The molecule has 6 rings (SSSR count). The van der Waals surface area contributed by atoms with Crippen molar-refractivity contribution in [2.45, 2.75) is 45.9 Å². The monoisotopic (exact) mass is 630 g/mol. The summed E-state index contributed by atoms with van der Waals surface area (Å²) in [5, 5.41) is 16.2. The second kappa shape index (κ2) is 12.4. The van der Waals surface area contributed by atoms with Crippen molar-refractivity contribution in [3.8, 4) is 11.1 Å². The van der Waals surface area contributed by atoms with Crippen LogP contribution < -0.4 is 10.6 Å². The fourth-order valence-corrected chi connectivity index (χ4v) is 6.71. The molecule has 0 bridgehead atoms. The molecule has 2 amide bonds. The first-order valence-electron chi connectivity index (χ1n) is 15.2. The van der Waals surface area contributed by atoms with E-state index in [0.29, 0.717) is 47.7 Å². The number of aromatic nitrogens is 4. The average molecular weight is 631 g/mol. The zero-order valence-corrected chi connectivity index (χ0v) is 27.1. The smallest absolute Gasteiger partial charge is 0.291 e. The van der Waals surface area contributed by atoms with Crippen LogP contribution in [0.2, 0.25) is 5.02 Å². The quantitative estimate of drug-likeness (QED) is 0.282. The Morgan fingerprint density at radius 2 is 1.42 bits per heavy atom. The summed E-state index contributed by atoms with van der Waals surface area (Å²) in [6.07, 6.45) is 1.18. The van der Waals surface area contributed by atoms with Gasteiger partial charge in [-0.1, -0.05) is 35.9 Å². The van der Waals surface area contributed by atoms with E-state index in [2.05, 4.69) is 30.4 Å². The third-order valence-electron chi connectivity index (χ3n) is 8.83. The minimum atomic E-state index is -0.424. The van der Waals surface area contributed by atoms with Crippen LogP contribution >= 0.6 is 11.6 Å². The first-order valence-corrected chi connectivity index (χ1v) is 15.6. The Kier molecular flexibility index (Phi) is 8.53. The van der Waals surface area contributed by atoms with Gasteiger partial charge in [0, 0.05) is 82.3 Å². The maximum atomic E-state index is 13.5. The highest BCUT2D eigenvalue weighted by Crippen LogP contribution is 2.38. The van der Waals surface area contributed by atoms with Crippen molar-refractivity contribution in [1.82, 2.24) is 28.9 Å². The molecular formula is C33H39ClN8O3. The van der Waals surface area contributed by atoms with Gasteiger partial charge in [0.25, 0.3) is 11.8 Å². The molecule has 4 heterocycles. The van der Waals surface area contributed by atoms with Gasteiger partial charge in [0.05, 0.1) is 28.2 Å². The number of nitrogens with zero attached hydrogens (tertiary/aromatic N) is 6. The van der Waals surface area contributed by atoms with Crippen molar-refractivity contribution in [2.75, 3.05) is 37.3 Å². The number of halogens is 1. The van der Waals surface area contributed by atoms with Crippen molar-refractivity contribution in [1.29, 1.82) is 0 Å². The van der Waals surface area contributed by atoms with Crippen LogP contribution in [0.15, 0.2) is 36.4 Å². The lowest BCUT2D eigenvalue weighted by atomic mass is 9.98. The van der Waals surface area contributed by atoms with E-state index in [-0.39, 0.29) is 11.8 Å². The number of rotatable bonds is 7. The van der Waals surface area contributed by atoms with Crippen LogP contribution in [0, 0.1) is 6.92 Å². The highest BCUT2D eigenvalue weighted by Gasteiger charge is 2.27. The molecule has 1 atom stereocenters. The molecule has 2 aliphatic heterocycles. The van der Waals surface area contributed by atoms with Gasteiger partial charge in [0.15, 0.2) is 11.6 Å². The van der Waals surface area contributed by atoms with Crippen LogP contribution in [0.5, 0.6) is 0 Å². The molecule has 0 spiro atoms. The fraction of sp³-hybridized carbons (Fsp3) is 0.394. The predicted molar refractivity (Wildman–Crippen MR) is 175 cm³/mol. The van der Waals surface area contributed by atoms with Gasteiger partial charge < -0.3 is 29.8 Å². The summed E-state index contributed by atoms with van der Waals surface area (Å²) in [6.45, 7) is 7.31. The van der Waals surface area contributed by atoms with Crippen molar-refractivity contribution >= 4 is 34.8 Å². The highest BCUT2D eigenvalue weighted by atomic mass is 35.5. The van der Waals surface area contributed by atoms with E-state index in [9.17, 15) is 14.7 Å². The number of carbonyl (C=O) groups is 2. The van der Waals surface area contributed by atoms with Gasteiger partial charge in [-0.05, 0) is 44.2 Å². The minimum absolute atomic E-state index is 0.301. The third-order valence-corrected chi connectivity index (χ3v) is 9.24. The summed E-state index contributed by atoms with van der Waals surface area (Å²) in [5.41, 5.74) is 7.43. The summed E-state index contributed by atoms with van der Waals surface area (Å²) in [5.74, 6) is 0.0710. The van der Waals surface area contributed by atoms with Crippen molar-refractivity contribution in [2.24, 2.45) is 14.1 Å². The van der Waals surface area contributed by atoms with Gasteiger partial charge in [0.1, 0.15) is 0 Å². The molecule has 12 heteroatoms. The number of aliphatic hydroxyl groups excluding tert-OH is 1. The Morgan fingerprint density at radius 3 is 2.07 bits per heavy atom. The molecular weight excluding hydrogens is 592 g/mol. The Morgan fingerprint density at radius 1 is 0.867 bits per heavy atom. The number of likely N-dealkylation sites (N-methyl/N-ethyl adjacent to an activating group) is 1. The Labute approximate surface area is 267 Å². The lowest BCUT2D eigenvalue weighted by Gasteiger charge is -2.27. The number of fused-ring (bicyclic) bond motifs is 2. The molecule has 0 saturated carbocycles. The predicted octanol–water partition coefficient (Wildman–Crippen LogP) is 4.01. The average Bonchev–Trinajstić information content (AvgIpc) is 3.50. The van der Waals surface area contributed by atoms with E-state index >= 15 is 0 Å². The number of aliphatic hydroxyl groups is 1. The van der Waals surface area contributed by atoms with Gasteiger partial charge in [-0.25, -0.2) is 9.97 Å². The lowest BCUT2D eigenvalue weighted by molar-refractivity contribution is 0.100. The summed E-state index contributed by atoms with van der Waals surface area (Å²) >= 11 is 6.91. The van der Waals surface area contributed by atoms with Crippen LogP contribution in [0.4, 0.5) is 11.4 Å². The molecule has 0 fully saturated rings. The van der Waals surface area contributed by atoms with Crippen molar-refractivity contribution in [3.05, 3.63) is 81.4 Å². The molecule has 11 nitrogen and oxygen atoms in total. The highest BCUT2D eigenvalue weighted by molar-refractivity contribution is 6.36. The number of amides is 2. The van der Waals surface area contributed by atoms with Gasteiger partial charge in [0.2, 0.25) is 0 Å². The van der Waals surface area contributed by atoms with Crippen LogP contribution in [0.25, 0.3) is 11.1 Å². The fourth-order valence-electron chi connectivity index (χ4n) is 6.43. The minimum Gasteiger partial charge on any atom is -0.392 e. The van der Waals surface area contributed by atoms with Crippen LogP contribution in [0.1, 0.15) is 56.5 Å². The Bertz CT molecular complexity index is 1790. The van der Waals surface area contributed by atoms with E-state index in [1.165, 1.54) is 0 Å². The summed E-state index contributed by atoms with van der Waals surface area (Å²) in [6, 6.07) is 11.2. The zero-order valence-electron chi connectivity index (χ0n) is 26.3. The van der Waals surface area contributed by atoms with Gasteiger partial charge in [-0.15, -0.1) is 0 Å². The molecule has 1 unspecified atom stereocenters. The first kappa shape index (κ1) is 31.0. The maximum absolute atomic E-state index is 13.5. The summed E-state index contributed by atoms with van der Waals surface area (Å²) < 4.78 is 3.73. The number of anilines is 2. The van der Waals surface area contributed by atoms with Crippen molar-refractivity contribution < 1.29 is 14.7 Å². The molecule has 45 heavy (non-hydrogen) atoms. The number of hydrogen-bond acceptors (Lipinski definition) is 7. The number of benzene rings is 2. The molecule has 236 valence electrons.